The summed E-state index contributed by atoms with van der Waals surface area (Å²) in [4.78, 5) is 2.30. The van der Waals surface area contributed by atoms with Gasteiger partial charge in [-0.25, -0.2) is 0 Å². The Kier molecular flexibility index (Phi) is 3.35. The molecule has 2 heterocycles. The van der Waals surface area contributed by atoms with Crippen LogP contribution in [-0.2, 0) is 19.4 Å². The summed E-state index contributed by atoms with van der Waals surface area (Å²) in [6, 6.07) is 18.7. The van der Waals surface area contributed by atoms with Gasteiger partial charge in [-0.1, -0.05) is 48.5 Å². The van der Waals surface area contributed by atoms with Crippen LogP contribution in [0.4, 0.5) is 5.69 Å². The number of para-hydroxylation sites is 1. The van der Waals surface area contributed by atoms with Gasteiger partial charge in [0, 0.05) is 12.2 Å². The molecule has 0 fully saturated rings. The van der Waals surface area contributed by atoms with E-state index < -0.39 is 0 Å². The first kappa shape index (κ1) is 13.1. The average Bonchev–Trinajstić information content (AvgIpc) is 3.17. The fourth-order valence-corrected chi connectivity index (χ4v) is 2.93. The van der Waals surface area contributed by atoms with Crippen molar-refractivity contribution in [2.24, 2.45) is 0 Å². The third-order valence-electron chi connectivity index (χ3n) is 4.02. The van der Waals surface area contributed by atoms with Crippen molar-refractivity contribution < 1.29 is 4.42 Å². The number of hydrogen-bond donors (Lipinski definition) is 0. The standard InChI is InChI=1S/C18H17N3O/c1-2-6-14(7-3-1)12-17-19-20-18(22-17)13-21-11-10-15-8-4-5-9-16(15)21/h1-9H,10-13H2. The second-order valence-electron chi connectivity index (χ2n) is 5.55. The predicted octanol–water partition coefficient (Wildman–Crippen LogP) is 3.22. The van der Waals surface area contributed by atoms with Gasteiger partial charge in [-0.2, -0.15) is 0 Å². The van der Waals surface area contributed by atoms with Gasteiger partial charge in [0.15, 0.2) is 0 Å². The lowest BCUT2D eigenvalue weighted by molar-refractivity contribution is 0.454. The third kappa shape index (κ3) is 2.60. The molecule has 0 N–H and O–H groups in total. The molecular formula is C18H17N3O. The molecule has 2 aromatic carbocycles. The van der Waals surface area contributed by atoms with Crippen LogP contribution in [0.25, 0.3) is 0 Å². The number of anilines is 1. The summed E-state index contributed by atoms with van der Waals surface area (Å²) in [5.74, 6) is 1.36. The van der Waals surface area contributed by atoms with Gasteiger partial charge in [0.25, 0.3) is 0 Å². The molecule has 22 heavy (non-hydrogen) atoms. The van der Waals surface area contributed by atoms with Gasteiger partial charge in [-0.3, -0.25) is 0 Å². The minimum Gasteiger partial charge on any atom is -0.423 e. The van der Waals surface area contributed by atoms with Gasteiger partial charge >= 0.3 is 0 Å². The van der Waals surface area contributed by atoms with Gasteiger partial charge in [-0.15, -0.1) is 10.2 Å². The predicted molar refractivity (Wildman–Crippen MR) is 84.7 cm³/mol. The van der Waals surface area contributed by atoms with Gasteiger partial charge in [0.05, 0.1) is 13.0 Å². The molecule has 1 aromatic heterocycles. The van der Waals surface area contributed by atoms with Crippen LogP contribution in [0.1, 0.15) is 22.9 Å². The first-order valence-corrected chi connectivity index (χ1v) is 7.56. The van der Waals surface area contributed by atoms with E-state index >= 15 is 0 Å². The Morgan fingerprint density at radius 1 is 0.909 bits per heavy atom. The zero-order valence-corrected chi connectivity index (χ0v) is 12.3. The third-order valence-corrected chi connectivity index (χ3v) is 4.02. The number of rotatable bonds is 4. The molecule has 4 rings (SSSR count). The molecule has 0 atom stereocenters. The molecule has 0 spiro atoms. The summed E-state index contributed by atoms with van der Waals surface area (Å²) >= 11 is 0. The van der Waals surface area contributed by atoms with E-state index in [1.807, 2.05) is 18.2 Å². The number of hydrogen-bond acceptors (Lipinski definition) is 4. The lowest BCUT2D eigenvalue weighted by Crippen LogP contribution is -2.19. The fraction of sp³-hybridized carbons (Fsp3) is 0.222. The van der Waals surface area contributed by atoms with Crippen molar-refractivity contribution in [2.75, 3.05) is 11.4 Å². The minimum absolute atomic E-state index is 0.675. The molecule has 4 heteroatoms. The van der Waals surface area contributed by atoms with Crippen LogP contribution in [-0.4, -0.2) is 16.7 Å². The second-order valence-corrected chi connectivity index (χ2v) is 5.55. The molecule has 3 aromatic rings. The topological polar surface area (TPSA) is 42.2 Å². The maximum Gasteiger partial charge on any atom is 0.235 e. The van der Waals surface area contributed by atoms with E-state index in [0.717, 1.165) is 13.0 Å². The fourth-order valence-electron chi connectivity index (χ4n) is 2.93. The maximum absolute atomic E-state index is 5.80. The molecule has 0 bridgehead atoms. The van der Waals surface area contributed by atoms with Crippen LogP contribution >= 0.6 is 0 Å². The molecule has 4 nitrogen and oxygen atoms in total. The van der Waals surface area contributed by atoms with Crippen LogP contribution < -0.4 is 4.90 Å². The van der Waals surface area contributed by atoms with E-state index in [1.54, 1.807) is 0 Å². The molecule has 110 valence electrons. The van der Waals surface area contributed by atoms with Crippen molar-refractivity contribution >= 4 is 5.69 Å². The number of fused-ring (bicyclic) bond motifs is 1. The smallest absolute Gasteiger partial charge is 0.235 e. The Balaban J connectivity index is 1.47. The SMILES string of the molecule is c1ccc(Cc2nnc(CN3CCc4ccccc43)o2)cc1. The van der Waals surface area contributed by atoms with Crippen LogP contribution in [0, 0.1) is 0 Å². The summed E-state index contributed by atoms with van der Waals surface area (Å²) in [5.41, 5.74) is 3.86. The van der Waals surface area contributed by atoms with Crippen LogP contribution in [0.15, 0.2) is 59.0 Å². The Morgan fingerprint density at radius 3 is 2.59 bits per heavy atom. The van der Waals surface area contributed by atoms with Crippen LogP contribution in [0.3, 0.4) is 0 Å². The van der Waals surface area contributed by atoms with Crippen molar-refractivity contribution in [3.05, 3.63) is 77.5 Å². The Morgan fingerprint density at radius 2 is 1.68 bits per heavy atom. The van der Waals surface area contributed by atoms with Gasteiger partial charge < -0.3 is 9.32 Å². The Bertz CT molecular complexity index is 767. The highest BCUT2D eigenvalue weighted by Gasteiger charge is 2.20. The molecule has 1 aliphatic rings. The highest BCUT2D eigenvalue weighted by molar-refractivity contribution is 5.57. The van der Waals surface area contributed by atoms with Crippen molar-refractivity contribution in [1.29, 1.82) is 0 Å². The lowest BCUT2D eigenvalue weighted by Gasteiger charge is -2.16. The summed E-state index contributed by atoms with van der Waals surface area (Å²) < 4.78 is 5.80. The van der Waals surface area contributed by atoms with Crippen molar-refractivity contribution in [3.8, 4) is 0 Å². The Labute approximate surface area is 129 Å². The molecule has 1 aliphatic heterocycles. The van der Waals surface area contributed by atoms with Gasteiger partial charge in [-0.05, 0) is 23.6 Å². The van der Waals surface area contributed by atoms with Gasteiger partial charge in [0.2, 0.25) is 11.8 Å². The number of benzene rings is 2. The van der Waals surface area contributed by atoms with E-state index in [4.69, 9.17) is 4.42 Å². The average molecular weight is 291 g/mol. The molecule has 0 saturated heterocycles. The van der Waals surface area contributed by atoms with Crippen LogP contribution in [0.2, 0.25) is 0 Å². The minimum atomic E-state index is 0.675. The first-order chi connectivity index (χ1) is 10.9. The van der Waals surface area contributed by atoms with Crippen molar-refractivity contribution in [3.63, 3.8) is 0 Å². The normalized spacial score (nSPS) is 13.4. The van der Waals surface area contributed by atoms with E-state index in [1.165, 1.54) is 16.8 Å². The van der Waals surface area contributed by atoms with Crippen molar-refractivity contribution in [2.45, 2.75) is 19.4 Å². The highest BCUT2D eigenvalue weighted by atomic mass is 16.4. The summed E-state index contributed by atoms with van der Waals surface area (Å²) in [5, 5.41) is 8.36. The largest absolute Gasteiger partial charge is 0.423 e. The molecule has 0 amide bonds. The first-order valence-electron chi connectivity index (χ1n) is 7.56. The van der Waals surface area contributed by atoms with E-state index in [9.17, 15) is 0 Å². The van der Waals surface area contributed by atoms with Gasteiger partial charge in [0.1, 0.15) is 0 Å². The maximum atomic E-state index is 5.80. The molecule has 0 saturated carbocycles. The monoisotopic (exact) mass is 291 g/mol. The molecule has 0 radical (unpaired) electrons. The highest BCUT2D eigenvalue weighted by Crippen LogP contribution is 2.28. The zero-order chi connectivity index (χ0) is 14.8. The second kappa shape index (κ2) is 5.64. The summed E-state index contributed by atoms with van der Waals surface area (Å²) in [6.07, 6.45) is 1.77. The number of nitrogens with zero attached hydrogens (tertiary/aromatic N) is 3. The number of aromatic nitrogens is 2. The quantitative estimate of drug-likeness (QED) is 0.740. The van der Waals surface area contributed by atoms with Crippen LogP contribution in [0.5, 0.6) is 0 Å². The summed E-state index contributed by atoms with van der Waals surface area (Å²) in [6.45, 7) is 1.69. The summed E-state index contributed by atoms with van der Waals surface area (Å²) in [7, 11) is 0. The molecule has 0 aliphatic carbocycles. The zero-order valence-electron chi connectivity index (χ0n) is 12.3. The van der Waals surface area contributed by atoms with E-state index in [2.05, 4.69) is 51.5 Å². The van der Waals surface area contributed by atoms with Crippen molar-refractivity contribution in [1.82, 2.24) is 10.2 Å². The molecule has 0 unspecified atom stereocenters. The molecular weight excluding hydrogens is 274 g/mol. The van der Waals surface area contributed by atoms with E-state index in [-0.39, 0.29) is 0 Å². The van der Waals surface area contributed by atoms with E-state index in [0.29, 0.717) is 24.7 Å². The Hall–Kier alpha value is -2.62. The lowest BCUT2D eigenvalue weighted by atomic mass is 10.2.